The van der Waals surface area contributed by atoms with Gasteiger partial charge in [-0.1, -0.05) is 141 Å². The molecular weight excluding hydrogens is 549 g/mol. The van der Waals surface area contributed by atoms with E-state index in [1.165, 1.54) is 116 Å². The van der Waals surface area contributed by atoms with E-state index < -0.39 is 13.8 Å². The van der Waals surface area contributed by atoms with Crippen LogP contribution in [0.5, 0.6) is 0 Å². The van der Waals surface area contributed by atoms with Crippen LogP contribution in [0.2, 0.25) is 0 Å². The molecule has 0 heterocycles. The Balaban J connectivity index is 3.86. The zero-order valence-corrected chi connectivity index (χ0v) is 29.5. The van der Waals surface area contributed by atoms with Crippen molar-refractivity contribution in [1.82, 2.24) is 0 Å². The number of amides is 1. The van der Waals surface area contributed by atoms with Gasteiger partial charge in [-0.05, 0) is 64.2 Å². The molecule has 5 heteroatoms. The number of unbranched alkanes of at least 4 members (excludes halogenated alkanes) is 22. The molecule has 0 aliphatic rings. The van der Waals surface area contributed by atoms with Crippen molar-refractivity contribution in [3.8, 4) is 0 Å². The highest BCUT2D eigenvalue weighted by Gasteiger charge is 2.26. The van der Waals surface area contributed by atoms with E-state index in [0.717, 1.165) is 51.4 Å². The van der Waals surface area contributed by atoms with Gasteiger partial charge in [0, 0.05) is 20.8 Å². The quantitative estimate of drug-likeness (QED) is 0.0442. The molecule has 250 valence electrons. The van der Waals surface area contributed by atoms with Crippen LogP contribution in [-0.4, -0.2) is 23.1 Å². The van der Waals surface area contributed by atoms with E-state index in [1.54, 1.807) is 0 Å². The predicted octanol–water partition coefficient (Wildman–Crippen LogP) is 12.1. The zero-order chi connectivity index (χ0) is 31.6. The summed E-state index contributed by atoms with van der Waals surface area (Å²) in [6.45, 7) is 4.52. The normalized spacial score (nSPS) is 11.8. The number of rotatable bonds is 34. The van der Waals surface area contributed by atoms with Crippen LogP contribution in [0.25, 0.3) is 0 Å². The first-order chi connectivity index (χ1) is 21.0. The van der Waals surface area contributed by atoms with Crippen LogP contribution < -0.4 is 5.73 Å². The van der Waals surface area contributed by atoms with Crippen molar-refractivity contribution in [3.05, 3.63) is 24.3 Å². The molecule has 0 spiro atoms. The number of carbonyl (C=O) groups is 3. The maximum Gasteiger partial charge on any atom is 0.222 e. The monoisotopic (exact) mass is 620 g/mol. The Labute approximate surface area is 268 Å². The first-order valence-corrected chi connectivity index (χ1v) is 20.0. The zero-order valence-electron chi connectivity index (χ0n) is 28.6. The molecule has 0 fully saturated rings. The molecular formula is C38H70NO3P. The summed E-state index contributed by atoms with van der Waals surface area (Å²) in [4.78, 5) is 37.2. The summed E-state index contributed by atoms with van der Waals surface area (Å²) in [6, 6.07) is 0. The van der Waals surface area contributed by atoms with Crippen molar-refractivity contribution >= 4 is 24.9 Å². The van der Waals surface area contributed by atoms with Gasteiger partial charge < -0.3 is 5.73 Å². The van der Waals surface area contributed by atoms with Gasteiger partial charge in [0.05, 0.1) is 6.16 Å². The maximum absolute atomic E-state index is 12.8. The number of allylic oxidation sites excluding steroid dienone is 4. The molecule has 0 radical (unpaired) electrons. The van der Waals surface area contributed by atoms with Crippen molar-refractivity contribution in [3.63, 3.8) is 0 Å². The van der Waals surface area contributed by atoms with Gasteiger partial charge in [0.1, 0.15) is 0 Å². The summed E-state index contributed by atoms with van der Waals surface area (Å²) < 4.78 is 0. The number of nitrogens with two attached hydrogens (primary N) is 1. The highest BCUT2D eigenvalue weighted by atomic mass is 31.1. The van der Waals surface area contributed by atoms with Crippen LogP contribution >= 0.6 is 7.92 Å². The van der Waals surface area contributed by atoms with Crippen molar-refractivity contribution in [2.45, 2.75) is 194 Å². The van der Waals surface area contributed by atoms with E-state index in [2.05, 4.69) is 38.2 Å². The SMILES string of the molecule is CCCCCCCC/C=C\CCCCCCCC(=O)P(CC(N)=O)C(=O)CCCCCCC/C=C\CCCCCCCC. The topological polar surface area (TPSA) is 77.2 Å². The number of primary amides is 1. The van der Waals surface area contributed by atoms with Crippen molar-refractivity contribution in [1.29, 1.82) is 0 Å². The average molecular weight is 620 g/mol. The Morgan fingerprint density at radius 2 is 0.721 bits per heavy atom. The molecule has 0 aromatic heterocycles. The molecule has 2 N–H and O–H groups in total. The average Bonchev–Trinajstić information content (AvgIpc) is 2.99. The lowest BCUT2D eigenvalue weighted by Gasteiger charge is -2.13. The molecule has 0 aliphatic heterocycles. The Morgan fingerprint density at radius 3 is 1.02 bits per heavy atom. The van der Waals surface area contributed by atoms with Gasteiger partial charge in [-0.3, -0.25) is 14.4 Å². The van der Waals surface area contributed by atoms with Gasteiger partial charge in [-0.2, -0.15) is 0 Å². The van der Waals surface area contributed by atoms with Gasteiger partial charge in [-0.25, -0.2) is 0 Å². The van der Waals surface area contributed by atoms with Crippen LogP contribution in [0.4, 0.5) is 0 Å². The molecule has 43 heavy (non-hydrogen) atoms. The molecule has 0 saturated carbocycles. The minimum Gasteiger partial charge on any atom is -0.369 e. The van der Waals surface area contributed by atoms with Gasteiger partial charge in [0.25, 0.3) is 0 Å². The molecule has 0 aliphatic carbocycles. The molecule has 0 unspecified atom stereocenters. The molecule has 0 aromatic carbocycles. The van der Waals surface area contributed by atoms with E-state index in [1.807, 2.05) is 0 Å². The van der Waals surface area contributed by atoms with Crippen LogP contribution in [0.15, 0.2) is 24.3 Å². The van der Waals surface area contributed by atoms with Crippen LogP contribution in [-0.2, 0) is 14.4 Å². The highest BCUT2D eigenvalue weighted by Crippen LogP contribution is 2.40. The van der Waals surface area contributed by atoms with Crippen LogP contribution in [0, 0.1) is 0 Å². The third kappa shape index (κ3) is 30.5. The van der Waals surface area contributed by atoms with Gasteiger partial charge in [-0.15, -0.1) is 0 Å². The molecule has 0 bridgehead atoms. The van der Waals surface area contributed by atoms with E-state index in [9.17, 15) is 14.4 Å². The first kappa shape index (κ1) is 41.7. The molecule has 0 rings (SSSR count). The fraction of sp³-hybridized carbons (Fsp3) is 0.816. The van der Waals surface area contributed by atoms with E-state index in [-0.39, 0.29) is 17.2 Å². The van der Waals surface area contributed by atoms with Crippen LogP contribution in [0.3, 0.4) is 0 Å². The third-order valence-corrected chi connectivity index (χ3v) is 10.5. The Bertz CT molecular complexity index is 666. The summed E-state index contributed by atoms with van der Waals surface area (Å²) >= 11 is 0. The minimum absolute atomic E-state index is 0.0239. The second-order valence-corrected chi connectivity index (χ2v) is 14.7. The molecule has 0 saturated heterocycles. The summed E-state index contributed by atoms with van der Waals surface area (Å²) in [5.41, 5.74) is 5.35. The number of hydrogen-bond acceptors (Lipinski definition) is 3. The van der Waals surface area contributed by atoms with E-state index >= 15 is 0 Å². The molecule has 1 amide bonds. The van der Waals surface area contributed by atoms with Crippen molar-refractivity contribution in [2.24, 2.45) is 5.73 Å². The largest absolute Gasteiger partial charge is 0.369 e. The molecule has 0 aromatic rings. The van der Waals surface area contributed by atoms with Crippen molar-refractivity contribution in [2.75, 3.05) is 6.16 Å². The highest BCUT2D eigenvalue weighted by molar-refractivity contribution is 7.89. The summed E-state index contributed by atoms with van der Waals surface area (Å²) in [7, 11) is -1.58. The second kappa shape index (κ2) is 33.6. The molecule has 4 nitrogen and oxygen atoms in total. The second-order valence-electron chi connectivity index (χ2n) is 12.5. The summed E-state index contributed by atoms with van der Waals surface area (Å²) in [5, 5.41) is 0. The summed E-state index contributed by atoms with van der Waals surface area (Å²) in [6.07, 6.45) is 41.6. The lowest BCUT2D eigenvalue weighted by Crippen LogP contribution is -2.20. The number of hydrogen-bond donors (Lipinski definition) is 1. The van der Waals surface area contributed by atoms with Crippen LogP contribution in [0.1, 0.15) is 194 Å². The smallest absolute Gasteiger partial charge is 0.222 e. The standard InChI is InChI=1S/C38H70NO3P/c1-3-5-7-9-11-13-15-17-19-21-23-25-27-29-31-33-37(41)43(35-36(39)40)38(42)34-32-30-28-26-24-22-20-18-16-14-12-10-8-6-4-2/h17-20H,3-16,21-35H2,1-2H3,(H2,39,40)/b19-17-,20-18-. The van der Waals surface area contributed by atoms with Crippen molar-refractivity contribution < 1.29 is 14.4 Å². The lowest BCUT2D eigenvalue weighted by atomic mass is 10.1. The van der Waals surface area contributed by atoms with Gasteiger partial charge >= 0.3 is 0 Å². The van der Waals surface area contributed by atoms with Gasteiger partial charge in [0.2, 0.25) is 5.91 Å². The lowest BCUT2D eigenvalue weighted by molar-refractivity contribution is -0.118. The first-order valence-electron chi connectivity index (χ1n) is 18.4. The van der Waals surface area contributed by atoms with Gasteiger partial charge in [0.15, 0.2) is 11.0 Å². The Morgan fingerprint density at radius 1 is 0.442 bits per heavy atom. The maximum atomic E-state index is 12.8. The minimum atomic E-state index is -1.58. The summed E-state index contributed by atoms with van der Waals surface area (Å²) in [5.74, 6) is -0.526. The third-order valence-electron chi connectivity index (χ3n) is 8.22. The molecule has 0 atom stereocenters. The predicted molar refractivity (Wildman–Crippen MR) is 190 cm³/mol. The Kier molecular flexibility index (Phi) is 32.6. The fourth-order valence-electron chi connectivity index (χ4n) is 5.44. The number of carbonyl (C=O) groups excluding carboxylic acids is 3. The fourth-order valence-corrected chi connectivity index (χ4v) is 7.23. The van der Waals surface area contributed by atoms with E-state index in [4.69, 9.17) is 5.73 Å². The Hall–Kier alpha value is -1.28. The van der Waals surface area contributed by atoms with E-state index in [0.29, 0.717) is 12.8 Å².